The van der Waals surface area contributed by atoms with Gasteiger partial charge < -0.3 is 15.0 Å². The van der Waals surface area contributed by atoms with Crippen LogP contribution in [0.2, 0.25) is 0 Å². The number of nitrogens with zero attached hydrogens (tertiary/aromatic N) is 1. The number of aliphatic carboxylic acids is 1. The van der Waals surface area contributed by atoms with E-state index in [1.807, 2.05) is 0 Å². The average molecular weight is 266 g/mol. The number of carboxylic acid groups (broad SMARTS) is 1. The van der Waals surface area contributed by atoms with Gasteiger partial charge in [-0.05, 0) is 32.4 Å². The minimum Gasteiger partial charge on any atom is -0.481 e. The number of aromatic amines is 1. The number of pyridine rings is 1. The van der Waals surface area contributed by atoms with Crippen LogP contribution in [0.5, 0.6) is 0 Å². The van der Waals surface area contributed by atoms with E-state index in [4.69, 9.17) is 5.11 Å². The fourth-order valence-corrected chi connectivity index (χ4v) is 1.91. The molecule has 0 unspecified atom stereocenters. The van der Waals surface area contributed by atoms with Crippen LogP contribution in [0.1, 0.15) is 35.0 Å². The van der Waals surface area contributed by atoms with Crippen molar-refractivity contribution in [1.82, 2.24) is 9.88 Å². The Kier molecular flexibility index (Phi) is 4.86. The molecule has 0 aliphatic heterocycles. The molecule has 104 valence electrons. The molecule has 0 spiro atoms. The highest BCUT2D eigenvalue weighted by Gasteiger charge is 2.20. The van der Waals surface area contributed by atoms with Gasteiger partial charge in [-0.1, -0.05) is 0 Å². The van der Waals surface area contributed by atoms with E-state index in [9.17, 15) is 14.4 Å². The zero-order valence-corrected chi connectivity index (χ0v) is 11.3. The van der Waals surface area contributed by atoms with Gasteiger partial charge in [-0.2, -0.15) is 0 Å². The first-order chi connectivity index (χ1) is 8.86. The van der Waals surface area contributed by atoms with Crippen LogP contribution < -0.4 is 5.56 Å². The molecule has 1 aromatic rings. The molecule has 1 heterocycles. The molecular formula is C13H18N2O4. The first-order valence-electron chi connectivity index (χ1n) is 6.08. The van der Waals surface area contributed by atoms with Crippen LogP contribution in [0.15, 0.2) is 10.9 Å². The van der Waals surface area contributed by atoms with Crippen molar-refractivity contribution in [3.8, 4) is 0 Å². The first-order valence-corrected chi connectivity index (χ1v) is 6.08. The molecule has 1 rings (SSSR count). The van der Waals surface area contributed by atoms with Gasteiger partial charge in [-0.3, -0.25) is 14.4 Å². The second-order valence-corrected chi connectivity index (χ2v) is 4.37. The summed E-state index contributed by atoms with van der Waals surface area (Å²) >= 11 is 0. The zero-order valence-electron chi connectivity index (χ0n) is 11.3. The topological polar surface area (TPSA) is 90.5 Å². The summed E-state index contributed by atoms with van der Waals surface area (Å²) in [7, 11) is 0. The summed E-state index contributed by atoms with van der Waals surface area (Å²) < 4.78 is 0. The van der Waals surface area contributed by atoms with Crippen LogP contribution in [-0.2, 0) is 4.79 Å². The second kappa shape index (κ2) is 6.17. The quantitative estimate of drug-likeness (QED) is 0.829. The van der Waals surface area contributed by atoms with Gasteiger partial charge in [0.2, 0.25) is 0 Å². The fourth-order valence-electron chi connectivity index (χ4n) is 1.91. The molecule has 0 fully saturated rings. The summed E-state index contributed by atoms with van der Waals surface area (Å²) in [4.78, 5) is 38.6. The lowest BCUT2D eigenvalue weighted by Gasteiger charge is -2.20. The Hall–Kier alpha value is -2.11. The summed E-state index contributed by atoms with van der Waals surface area (Å²) in [5, 5.41) is 8.65. The number of aromatic nitrogens is 1. The van der Waals surface area contributed by atoms with E-state index in [1.165, 1.54) is 4.90 Å². The van der Waals surface area contributed by atoms with Crippen molar-refractivity contribution in [2.45, 2.75) is 27.2 Å². The predicted molar refractivity (Wildman–Crippen MR) is 70.4 cm³/mol. The van der Waals surface area contributed by atoms with E-state index in [1.54, 1.807) is 26.8 Å². The first kappa shape index (κ1) is 14.9. The van der Waals surface area contributed by atoms with E-state index < -0.39 is 17.4 Å². The number of H-pyrrole nitrogens is 1. The van der Waals surface area contributed by atoms with E-state index >= 15 is 0 Å². The van der Waals surface area contributed by atoms with Gasteiger partial charge in [-0.25, -0.2) is 0 Å². The number of amides is 1. The van der Waals surface area contributed by atoms with Crippen LogP contribution in [0, 0.1) is 13.8 Å². The predicted octanol–water partition coefficient (Wildman–Crippen LogP) is 0.929. The number of carbonyl (C=O) groups excluding carboxylic acids is 1. The maximum atomic E-state index is 12.3. The van der Waals surface area contributed by atoms with Gasteiger partial charge in [0.05, 0.1) is 6.42 Å². The standard InChI is InChI=1S/C13H18N2O4/c1-4-15(6-5-10(16)17)13(19)11-8(2)7-9(3)14-12(11)18/h7H,4-6H2,1-3H3,(H,14,18)(H,16,17). The van der Waals surface area contributed by atoms with Crippen LogP contribution in [0.3, 0.4) is 0 Å². The summed E-state index contributed by atoms with van der Waals surface area (Å²) in [6.07, 6.45) is -0.137. The number of hydrogen-bond donors (Lipinski definition) is 2. The molecule has 6 nitrogen and oxygen atoms in total. The number of carbonyl (C=O) groups is 2. The van der Waals surface area contributed by atoms with Crippen molar-refractivity contribution in [2.24, 2.45) is 0 Å². The number of nitrogens with one attached hydrogen (secondary N) is 1. The molecule has 0 aliphatic carbocycles. The molecule has 0 bridgehead atoms. The molecule has 2 N–H and O–H groups in total. The van der Waals surface area contributed by atoms with Crippen molar-refractivity contribution < 1.29 is 14.7 Å². The third-order valence-corrected chi connectivity index (χ3v) is 2.84. The fraction of sp³-hybridized carbons (Fsp3) is 0.462. The monoisotopic (exact) mass is 266 g/mol. The lowest BCUT2D eigenvalue weighted by Crippen LogP contribution is -2.37. The van der Waals surface area contributed by atoms with Gasteiger partial charge in [0, 0.05) is 18.8 Å². The largest absolute Gasteiger partial charge is 0.481 e. The third-order valence-electron chi connectivity index (χ3n) is 2.84. The highest BCUT2D eigenvalue weighted by atomic mass is 16.4. The van der Waals surface area contributed by atoms with Gasteiger partial charge in [-0.15, -0.1) is 0 Å². The number of rotatable bonds is 5. The normalized spacial score (nSPS) is 10.3. The molecule has 6 heteroatoms. The Morgan fingerprint density at radius 2 is 2.00 bits per heavy atom. The number of carboxylic acids is 1. The maximum Gasteiger partial charge on any atom is 0.305 e. The molecule has 0 radical (unpaired) electrons. The summed E-state index contributed by atoms with van der Waals surface area (Å²) in [5.74, 6) is -1.40. The van der Waals surface area contributed by atoms with Crippen LogP contribution in [0.25, 0.3) is 0 Å². The third kappa shape index (κ3) is 3.67. The molecule has 19 heavy (non-hydrogen) atoms. The summed E-state index contributed by atoms with van der Waals surface area (Å²) in [5.41, 5.74) is 0.932. The zero-order chi connectivity index (χ0) is 14.6. The SMILES string of the molecule is CCN(CCC(=O)O)C(=O)c1c(C)cc(C)[nH]c1=O. The Labute approximate surface area is 111 Å². The molecule has 0 aliphatic rings. The molecule has 1 amide bonds. The maximum absolute atomic E-state index is 12.3. The van der Waals surface area contributed by atoms with Crippen molar-refractivity contribution in [1.29, 1.82) is 0 Å². The Morgan fingerprint density at radius 3 is 2.47 bits per heavy atom. The second-order valence-electron chi connectivity index (χ2n) is 4.37. The summed E-state index contributed by atoms with van der Waals surface area (Å²) in [6, 6.07) is 1.72. The molecule has 1 aromatic heterocycles. The minimum absolute atomic E-state index is 0.0813. The minimum atomic E-state index is -0.971. The lowest BCUT2D eigenvalue weighted by atomic mass is 10.1. The highest BCUT2D eigenvalue weighted by molar-refractivity contribution is 5.95. The molecule has 0 saturated heterocycles. The smallest absolute Gasteiger partial charge is 0.305 e. The van der Waals surface area contributed by atoms with E-state index in [-0.39, 0.29) is 18.5 Å². The van der Waals surface area contributed by atoms with Crippen molar-refractivity contribution in [3.63, 3.8) is 0 Å². The van der Waals surface area contributed by atoms with Crippen molar-refractivity contribution >= 4 is 11.9 Å². The van der Waals surface area contributed by atoms with Crippen LogP contribution in [0.4, 0.5) is 0 Å². The Morgan fingerprint density at radius 1 is 1.37 bits per heavy atom. The lowest BCUT2D eigenvalue weighted by molar-refractivity contribution is -0.137. The Bertz CT molecular complexity index is 548. The van der Waals surface area contributed by atoms with Crippen molar-refractivity contribution in [2.75, 3.05) is 13.1 Å². The van der Waals surface area contributed by atoms with E-state index in [0.29, 0.717) is 17.8 Å². The molecule has 0 aromatic carbocycles. The molecular weight excluding hydrogens is 248 g/mol. The van der Waals surface area contributed by atoms with Crippen molar-refractivity contribution in [3.05, 3.63) is 33.2 Å². The summed E-state index contributed by atoms with van der Waals surface area (Å²) in [6.45, 7) is 5.64. The van der Waals surface area contributed by atoms with Gasteiger partial charge >= 0.3 is 5.97 Å². The number of aryl methyl sites for hydroxylation is 2. The number of hydrogen-bond acceptors (Lipinski definition) is 3. The van der Waals surface area contributed by atoms with Gasteiger partial charge in [0.25, 0.3) is 11.5 Å². The van der Waals surface area contributed by atoms with E-state index in [2.05, 4.69) is 4.98 Å². The van der Waals surface area contributed by atoms with E-state index in [0.717, 1.165) is 0 Å². The van der Waals surface area contributed by atoms with Crippen LogP contribution >= 0.6 is 0 Å². The van der Waals surface area contributed by atoms with Gasteiger partial charge in [0.15, 0.2) is 0 Å². The average Bonchev–Trinajstić information content (AvgIpc) is 2.27. The highest BCUT2D eigenvalue weighted by Crippen LogP contribution is 2.08. The molecule has 0 atom stereocenters. The van der Waals surface area contributed by atoms with Crippen LogP contribution in [-0.4, -0.2) is 40.0 Å². The molecule has 0 saturated carbocycles. The van der Waals surface area contributed by atoms with Gasteiger partial charge in [0.1, 0.15) is 5.56 Å². The Balaban J connectivity index is 3.04.